The molecule has 1 aliphatic rings. The zero-order valence-corrected chi connectivity index (χ0v) is 16.9. The van der Waals surface area contributed by atoms with Gasteiger partial charge in [-0.25, -0.2) is 15.1 Å². The van der Waals surface area contributed by atoms with Crippen LogP contribution in [0.15, 0.2) is 11.2 Å². The Hall–Kier alpha value is -2.95. The number of hydrogen-bond acceptors (Lipinski definition) is 9. The highest BCUT2D eigenvalue weighted by Gasteiger charge is 2.35. The van der Waals surface area contributed by atoms with Crippen molar-refractivity contribution < 1.29 is 31.7 Å². The van der Waals surface area contributed by atoms with Gasteiger partial charge in [-0.15, -0.1) is 9.35 Å². The van der Waals surface area contributed by atoms with Gasteiger partial charge < -0.3 is 20.8 Å². The zero-order chi connectivity index (χ0) is 22.0. The summed E-state index contributed by atoms with van der Waals surface area (Å²) in [4.78, 5) is 31.7. The van der Waals surface area contributed by atoms with Gasteiger partial charge in [-0.05, 0) is 6.92 Å². The van der Waals surface area contributed by atoms with Crippen LogP contribution in [-0.2, 0) is 33.1 Å². The van der Waals surface area contributed by atoms with E-state index in [0.717, 1.165) is 0 Å². The van der Waals surface area contributed by atoms with Gasteiger partial charge in [-0.2, -0.15) is 13.5 Å². The van der Waals surface area contributed by atoms with Crippen LogP contribution in [0.4, 0.5) is 15.3 Å². The van der Waals surface area contributed by atoms with Crippen molar-refractivity contribution >= 4 is 34.5 Å². The Morgan fingerprint density at radius 3 is 2.76 bits per heavy atom. The van der Waals surface area contributed by atoms with Crippen LogP contribution in [0.3, 0.4) is 0 Å². The summed E-state index contributed by atoms with van der Waals surface area (Å²) in [7, 11) is -1.57. The number of carbonyl (C=O) groups excluding carboxylic acids is 2. The van der Waals surface area contributed by atoms with Crippen LogP contribution in [0.5, 0.6) is 0 Å². The normalized spacial score (nSPS) is 13.6. The number of hydroxylamine groups is 2. The third-order valence-electron chi connectivity index (χ3n) is 3.34. The molecule has 0 atom stereocenters. The Balaban J connectivity index is 0.000000331. The molecule has 0 spiro atoms. The predicted octanol–water partition coefficient (Wildman–Crippen LogP) is -1.25. The van der Waals surface area contributed by atoms with Crippen molar-refractivity contribution in [1.29, 1.82) is 0 Å². The molecule has 164 valence electrons. The van der Waals surface area contributed by atoms with Gasteiger partial charge in [0, 0.05) is 33.7 Å². The average molecular weight is 436 g/mol. The second-order valence-electron chi connectivity index (χ2n) is 5.30. The minimum atomic E-state index is -4.78. The SMILES string of the molecule is CCN1Cc2c(cnn2C)N(OS(=O)(=O)O)C1=O.CN=CNOC(=O)NCCN. The van der Waals surface area contributed by atoms with Gasteiger partial charge in [0.15, 0.2) is 0 Å². The Labute approximate surface area is 167 Å². The molecule has 0 radical (unpaired) electrons. The summed E-state index contributed by atoms with van der Waals surface area (Å²) in [6.07, 6.45) is 1.98. The van der Waals surface area contributed by atoms with Crippen LogP contribution in [0.1, 0.15) is 12.6 Å². The standard InChI is InChI=1S/C8H12N4O5S.C5H12N4O2/c1-3-11-5-7-6(4-9-10(7)2)12(8(11)13)17-18(14,15)16;1-7-4-9-11-5(10)8-3-2-6/h4H,3,5H2,1-2H3,(H,14,15,16);4H,2-3,6H2,1H3,(H,7,9)(H,8,10). The number of amides is 3. The van der Waals surface area contributed by atoms with Gasteiger partial charge >= 0.3 is 22.5 Å². The molecule has 0 bridgehead atoms. The molecule has 0 saturated carbocycles. The summed E-state index contributed by atoms with van der Waals surface area (Å²) in [5.41, 5.74) is 8.12. The van der Waals surface area contributed by atoms with Crippen molar-refractivity contribution in [3.05, 3.63) is 11.9 Å². The van der Waals surface area contributed by atoms with Gasteiger partial charge in [0.2, 0.25) is 0 Å². The Morgan fingerprint density at radius 2 is 2.21 bits per heavy atom. The van der Waals surface area contributed by atoms with E-state index in [0.29, 0.717) is 36.9 Å². The topological polar surface area (TPSA) is 194 Å². The number of carbonyl (C=O) groups is 2. The number of rotatable bonds is 7. The lowest BCUT2D eigenvalue weighted by Gasteiger charge is -2.32. The predicted molar refractivity (Wildman–Crippen MR) is 101 cm³/mol. The maximum absolute atomic E-state index is 11.9. The third-order valence-corrected chi connectivity index (χ3v) is 3.68. The number of nitrogens with one attached hydrogen (secondary N) is 2. The van der Waals surface area contributed by atoms with E-state index < -0.39 is 22.5 Å². The van der Waals surface area contributed by atoms with E-state index in [1.165, 1.54) is 22.1 Å². The number of anilines is 1. The van der Waals surface area contributed by atoms with Crippen LogP contribution in [0.2, 0.25) is 0 Å². The average Bonchev–Trinajstić information content (AvgIpc) is 3.02. The van der Waals surface area contributed by atoms with Crippen LogP contribution in [-0.4, -0.2) is 72.8 Å². The molecule has 1 aromatic heterocycles. The second-order valence-corrected chi connectivity index (χ2v) is 6.31. The summed E-state index contributed by atoms with van der Waals surface area (Å²) in [6, 6.07) is -0.671. The highest BCUT2D eigenvalue weighted by Crippen LogP contribution is 2.28. The third kappa shape index (κ3) is 7.53. The zero-order valence-electron chi connectivity index (χ0n) is 16.1. The largest absolute Gasteiger partial charge is 0.431 e. The Kier molecular flexibility index (Phi) is 9.26. The molecule has 3 amide bonds. The smallest absolute Gasteiger partial charge is 0.329 e. The van der Waals surface area contributed by atoms with Gasteiger partial charge in [-0.3, -0.25) is 14.2 Å². The monoisotopic (exact) mass is 436 g/mol. The Morgan fingerprint density at radius 1 is 1.52 bits per heavy atom. The number of hydrogen-bond donors (Lipinski definition) is 4. The Bertz CT molecular complexity index is 825. The molecule has 1 aliphatic heterocycles. The fraction of sp³-hybridized carbons (Fsp3) is 0.538. The van der Waals surface area contributed by atoms with Gasteiger partial charge in [0.25, 0.3) is 0 Å². The molecular weight excluding hydrogens is 412 g/mol. The van der Waals surface area contributed by atoms with Gasteiger partial charge in [0.1, 0.15) is 12.0 Å². The first-order chi connectivity index (χ1) is 13.6. The summed E-state index contributed by atoms with van der Waals surface area (Å²) < 4.78 is 36.0. The fourth-order valence-corrected chi connectivity index (χ4v) is 2.37. The molecule has 16 heteroatoms. The van der Waals surface area contributed by atoms with E-state index in [2.05, 4.69) is 30.0 Å². The molecule has 0 fully saturated rings. The minimum Gasteiger partial charge on any atom is -0.329 e. The summed E-state index contributed by atoms with van der Waals surface area (Å²) >= 11 is 0. The number of urea groups is 1. The molecule has 5 N–H and O–H groups in total. The summed E-state index contributed by atoms with van der Waals surface area (Å²) in [6.45, 7) is 3.19. The van der Waals surface area contributed by atoms with Crippen molar-refractivity contribution in [2.75, 3.05) is 31.7 Å². The number of aliphatic imine (C=N–C) groups is 1. The van der Waals surface area contributed by atoms with Crippen molar-refractivity contribution in [2.45, 2.75) is 13.5 Å². The minimum absolute atomic E-state index is 0.199. The lowest BCUT2D eigenvalue weighted by atomic mass is 10.3. The number of nitrogens with zero attached hydrogens (tertiary/aromatic N) is 5. The maximum atomic E-state index is 11.9. The van der Waals surface area contributed by atoms with E-state index in [1.807, 2.05) is 0 Å². The first-order valence-corrected chi connectivity index (χ1v) is 9.58. The second kappa shape index (κ2) is 11.1. The summed E-state index contributed by atoms with van der Waals surface area (Å²) in [5.74, 6) is 0. The van der Waals surface area contributed by atoms with Crippen molar-refractivity contribution in [2.24, 2.45) is 17.8 Å². The molecule has 2 rings (SSSR count). The molecule has 0 aromatic carbocycles. The number of nitrogens with two attached hydrogens (primary N) is 1. The summed E-state index contributed by atoms with van der Waals surface area (Å²) in [5, 5.41) is 6.82. The maximum Gasteiger partial charge on any atom is 0.431 e. The molecule has 0 saturated heterocycles. The lowest BCUT2D eigenvalue weighted by molar-refractivity contribution is 0.122. The van der Waals surface area contributed by atoms with Crippen molar-refractivity contribution in [3.63, 3.8) is 0 Å². The fourth-order valence-electron chi connectivity index (χ4n) is 2.04. The van der Waals surface area contributed by atoms with Crippen molar-refractivity contribution in [3.8, 4) is 0 Å². The molecule has 15 nitrogen and oxygen atoms in total. The molecule has 0 unspecified atom stereocenters. The van der Waals surface area contributed by atoms with E-state index in [-0.39, 0.29) is 5.69 Å². The van der Waals surface area contributed by atoms with Crippen LogP contribution >= 0.6 is 0 Å². The van der Waals surface area contributed by atoms with Crippen LogP contribution in [0.25, 0.3) is 0 Å². The van der Waals surface area contributed by atoms with Crippen LogP contribution < -0.4 is 21.6 Å². The van der Waals surface area contributed by atoms with Crippen LogP contribution in [0, 0.1) is 0 Å². The molecule has 29 heavy (non-hydrogen) atoms. The van der Waals surface area contributed by atoms with E-state index in [9.17, 15) is 18.0 Å². The number of fused-ring (bicyclic) bond motifs is 1. The van der Waals surface area contributed by atoms with E-state index in [1.54, 1.807) is 21.0 Å². The van der Waals surface area contributed by atoms with Gasteiger partial charge in [-0.1, -0.05) is 0 Å². The van der Waals surface area contributed by atoms with E-state index in [4.69, 9.17) is 10.3 Å². The molecular formula is C13H24N8O7S. The molecule has 0 aliphatic carbocycles. The highest BCUT2D eigenvalue weighted by atomic mass is 32.3. The number of aromatic nitrogens is 2. The highest BCUT2D eigenvalue weighted by molar-refractivity contribution is 7.81. The number of aryl methyl sites for hydroxylation is 1. The quantitative estimate of drug-likeness (QED) is 0.174. The van der Waals surface area contributed by atoms with Crippen molar-refractivity contribution in [1.82, 2.24) is 25.5 Å². The molecule has 1 aromatic rings. The first kappa shape index (κ1) is 24.1. The first-order valence-electron chi connectivity index (χ1n) is 8.22. The molecule has 2 heterocycles. The van der Waals surface area contributed by atoms with Gasteiger partial charge in [0.05, 0.1) is 18.4 Å². The lowest BCUT2D eigenvalue weighted by Crippen LogP contribution is -2.47. The van der Waals surface area contributed by atoms with E-state index >= 15 is 0 Å².